The van der Waals surface area contributed by atoms with Crippen molar-refractivity contribution >= 4 is 40.0 Å². The van der Waals surface area contributed by atoms with E-state index < -0.39 is 11.8 Å². The van der Waals surface area contributed by atoms with E-state index in [1.54, 1.807) is 11.4 Å². The van der Waals surface area contributed by atoms with E-state index in [-0.39, 0.29) is 29.8 Å². The number of aromatic amines is 1. The predicted octanol–water partition coefficient (Wildman–Crippen LogP) is 3.50. The third-order valence-electron chi connectivity index (χ3n) is 6.77. The molecule has 10 nitrogen and oxygen atoms in total. The van der Waals surface area contributed by atoms with Gasteiger partial charge in [-0.3, -0.25) is 30.3 Å². The standard InChI is InChI=1S/C27H28N6O4S/c1-16-7-8-19(13-17(16)2)37-14-23(34)33-11-9-18(10-12-33)27-28-22(15-38-27)25(35)31-32-26(36)24-20-5-3-4-6-21(20)29-30-24/h3-8,13,15,18H,9-12,14H2,1-2H3,(H,29,30)(H,31,35)(H,32,36). The summed E-state index contributed by atoms with van der Waals surface area (Å²) in [5.74, 6) is -0.210. The van der Waals surface area contributed by atoms with Gasteiger partial charge in [0, 0.05) is 29.8 Å². The van der Waals surface area contributed by atoms with E-state index in [1.807, 2.05) is 55.1 Å². The van der Waals surface area contributed by atoms with Crippen LogP contribution in [-0.4, -0.2) is 57.5 Å². The van der Waals surface area contributed by atoms with Gasteiger partial charge in [-0.15, -0.1) is 11.3 Å². The van der Waals surface area contributed by atoms with Crippen LogP contribution in [0.1, 0.15) is 55.9 Å². The van der Waals surface area contributed by atoms with Gasteiger partial charge in [0.2, 0.25) is 0 Å². The number of aromatic nitrogens is 3. The molecule has 38 heavy (non-hydrogen) atoms. The lowest BCUT2D eigenvalue weighted by Crippen LogP contribution is -2.42. The average molecular weight is 533 g/mol. The third-order valence-corrected chi connectivity index (χ3v) is 7.77. The number of carbonyl (C=O) groups is 3. The van der Waals surface area contributed by atoms with E-state index in [2.05, 4.69) is 26.0 Å². The number of hydrogen-bond acceptors (Lipinski definition) is 7. The summed E-state index contributed by atoms with van der Waals surface area (Å²) in [5, 5.41) is 10.0. The number of benzene rings is 2. The number of nitrogens with one attached hydrogen (secondary N) is 3. The average Bonchev–Trinajstić information content (AvgIpc) is 3.60. The Morgan fingerprint density at radius 2 is 1.82 bits per heavy atom. The third kappa shape index (κ3) is 5.52. The van der Waals surface area contributed by atoms with E-state index in [0.29, 0.717) is 24.2 Å². The molecule has 0 spiro atoms. The number of hydrazine groups is 1. The highest BCUT2D eigenvalue weighted by atomic mass is 32.1. The molecule has 4 aromatic rings. The molecule has 0 atom stereocenters. The zero-order valence-corrected chi connectivity index (χ0v) is 21.9. The zero-order chi connectivity index (χ0) is 26.6. The van der Waals surface area contributed by atoms with Crippen molar-refractivity contribution in [2.24, 2.45) is 0 Å². The van der Waals surface area contributed by atoms with E-state index in [0.717, 1.165) is 28.9 Å². The van der Waals surface area contributed by atoms with Crippen LogP contribution in [0.15, 0.2) is 47.8 Å². The first-order valence-corrected chi connectivity index (χ1v) is 13.2. The molecule has 2 aromatic heterocycles. The van der Waals surface area contributed by atoms with Crippen molar-refractivity contribution in [3.63, 3.8) is 0 Å². The molecule has 3 heterocycles. The lowest BCUT2D eigenvalue weighted by molar-refractivity contribution is -0.134. The fourth-order valence-corrected chi connectivity index (χ4v) is 5.34. The van der Waals surface area contributed by atoms with Crippen molar-refractivity contribution in [3.05, 3.63) is 75.4 Å². The lowest BCUT2D eigenvalue weighted by Gasteiger charge is -2.31. The lowest BCUT2D eigenvalue weighted by atomic mass is 9.97. The number of ether oxygens (including phenoxy) is 1. The summed E-state index contributed by atoms with van der Waals surface area (Å²) in [6, 6.07) is 13.0. The highest BCUT2D eigenvalue weighted by Gasteiger charge is 2.27. The smallest absolute Gasteiger partial charge is 0.290 e. The number of likely N-dealkylation sites (tertiary alicyclic amines) is 1. The molecule has 3 N–H and O–H groups in total. The van der Waals surface area contributed by atoms with Crippen molar-refractivity contribution < 1.29 is 19.1 Å². The molecule has 1 aliphatic rings. The molecule has 1 aliphatic heterocycles. The number of rotatable bonds is 6. The Bertz CT molecular complexity index is 1490. The van der Waals surface area contributed by atoms with Gasteiger partial charge in [-0.2, -0.15) is 5.10 Å². The quantitative estimate of drug-likeness (QED) is 0.326. The van der Waals surface area contributed by atoms with Crippen LogP contribution >= 0.6 is 11.3 Å². The summed E-state index contributed by atoms with van der Waals surface area (Å²) in [6.45, 7) is 5.27. The van der Waals surface area contributed by atoms with E-state index in [4.69, 9.17) is 4.74 Å². The summed E-state index contributed by atoms with van der Waals surface area (Å²) in [7, 11) is 0. The topological polar surface area (TPSA) is 129 Å². The Hall–Kier alpha value is -4.25. The van der Waals surface area contributed by atoms with Gasteiger partial charge in [0.25, 0.3) is 17.7 Å². The van der Waals surface area contributed by atoms with Crippen LogP contribution in [0.25, 0.3) is 10.9 Å². The molecular weight excluding hydrogens is 504 g/mol. The summed E-state index contributed by atoms with van der Waals surface area (Å²) >= 11 is 1.41. The van der Waals surface area contributed by atoms with Crippen LogP contribution < -0.4 is 15.6 Å². The second kappa shape index (κ2) is 11.0. The maximum Gasteiger partial charge on any atom is 0.290 e. The van der Waals surface area contributed by atoms with Crippen LogP contribution in [0.5, 0.6) is 5.75 Å². The maximum atomic E-state index is 12.6. The number of carbonyl (C=O) groups excluding carboxylic acids is 3. The number of amides is 3. The summed E-state index contributed by atoms with van der Waals surface area (Å²) in [6.07, 6.45) is 1.51. The summed E-state index contributed by atoms with van der Waals surface area (Å²) < 4.78 is 5.70. The fraction of sp³-hybridized carbons (Fsp3) is 0.296. The van der Waals surface area contributed by atoms with Crippen molar-refractivity contribution in [2.45, 2.75) is 32.6 Å². The summed E-state index contributed by atoms with van der Waals surface area (Å²) in [4.78, 5) is 44.0. The van der Waals surface area contributed by atoms with Gasteiger partial charge in [0.05, 0.1) is 10.5 Å². The maximum absolute atomic E-state index is 12.6. The van der Waals surface area contributed by atoms with E-state index in [1.165, 1.54) is 16.9 Å². The van der Waals surface area contributed by atoms with Crippen LogP contribution in [0.3, 0.4) is 0 Å². The minimum atomic E-state index is -0.523. The highest BCUT2D eigenvalue weighted by molar-refractivity contribution is 7.09. The SMILES string of the molecule is Cc1ccc(OCC(=O)N2CCC(c3nc(C(=O)NNC(=O)c4n[nH]c5ccccc45)cs3)CC2)cc1C. The predicted molar refractivity (Wildman–Crippen MR) is 143 cm³/mol. The van der Waals surface area contributed by atoms with Crippen LogP contribution in [0.4, 0.5) is 0 Å². The minimum Gasteiger partial charge on any atom is -0.484 e. The Labute approximate surface area is 223 Å². The first-order chi connectivity index (χ1) is 18.4. The molecule has 3 amide bonds. The second-order valence-electron chi connectivity index (χ2n) is 9.29. The van der Waals surface area contributed by atoms with Crippen LogP contribution in [-0.2, 0) is 4.79 Å². The largest absolute Gasteiger partial charge is 0.484 e. The molecule has 196 valence electrons. The molecule has 0 aliphatic carbocycles. The van der Waals surface area contributed by atoms with Crippen LogP contribution in [0.2, 0.25) is 0 Å². The monoisotopic (exact) mass is 532 g/mol. The molecule has 1 saturated heterocycles. The summed E-state index contributed by atoms with van der Waals surface area (Å²) in [5.41, 5.74) is 8.28. The highest BCUT2D eigenvalue weighted by Crippen LogP contribution is 2.30. The van der Waals surface area contributed by atoms with Gasteiger partial charge >= 0.3 is 0 Å². The molecule has 1 fully saturated rings. The molecule has 0 saturated carbocycles. The van der Waals surface area contributed by atoms with Crippen molar-refractivity contribution in [3.8, 4) is 5.75 Å². The number of aryl methyl sites for hydroxylation is 2. The van der Waals surface area contributed by atoms with E-state index in [9.17, 15) is 14.4 Å². The zero-order valence-electron chi connectivity index (χ0n) is 21.1. The molecule has 0 bridgehead atoms. The number of para-hydroxylation sites is 1. The Kier molecular flexibility index (Phi) is 7.36. The number of fused-ring (bicyclic) bond motifs is 1. The molecular formula is C27H28N6O4S. The van der Waals surface area contributed by atoms with Crippen molar-refractivity contribution in [1.29, 1.82) is 0 Å². The van der Waals surface area contributed by atoms with Crippen LogP contribution in [0, 0.1) is 13.8 Å². The number of hydrogen-bond donors (Lipinski definition) is 3. The minimum absolute atomic E-state index is 0.00846. The fourth-order valence-electron chi connectivity index (χ4n) is 4.37. The van der Waals surface area contributed by atoms with Gasteiger partial charge < -0.3 is 9.64 Å². The molecule has 5 rings (SSSR count). The van der Waals surface area contributed by atoms with Gasteiger partial charge in [-0.05, 0) is 56.0 Å². The Balaban J connectivity index is 1.09. The molecule has 0 radical (unpaired) electrons. The van der Waals surface area contributed by atoms with Gasteiger partial charge in [0.15, 0.2) is 12.3 Å². The molecule has 11 heteroatoms. The van der Waals surface area contributed by atoms with Crippen molar-refractivity contribution in [1.82, 2.24) is 30.9 Å². The number of piperidine rings is 1. The van der Waals surface area contributed by atoms with Crippen molar-refractivity contribution in [2.75, 3.05) is 19.7 Å². The van der Waals surface area contributed by atoms with Gasteiger partial charge in [-0.1, -0.05) is 24.3 Å². The second-order valence-corrected chi connectivity index (χ2v) is 10.2. The number of thiazole rings is 1. The van der Waals surface area contributed by atoms with E-state index >= 15 is 0 Å². The Morgan fingerprint density at radius 1 is 1.05 bits per heavy atom. The molecule has 2 aromatic carbocycles. The van der Waals surface area contributed by atoms with Gasteiger partial charge in [-0.25, -0.2) is 4.98 Å². The number of H-pyrrole nitrogens is 1. The normalized spacial score (nSPS) is 13.9. The van der Waals surface area contributed by atoms with Gasteiger partial charge in [0.1, 0.15) is 11.4 Å². The first kappa shape index (κ1) is 25.4. The molecule has 0 unspecified atom stereocenters. The number of nitrogens with zero attached hydrogens (tertiary/aromatic N) is 3. The Morgan fingerprint density at radius 3 is 2.61 bits per heavy atom. The first-order valence-electron chi connectivity index (χ1n) is 12.4.